The van der Waals surface area contributed by atoms with Crippen LogP contribution in [0, 0.1) is 0 Å². The molecular formula is C56H36N2O. The maximum Gasteiger partial charge on any atom is 0.143 e. The van der Waals surface area contributed by atoms with Crippen LogP contribution in [0.3, 0.4) is 0 Å². The molecule has 0 saturated heterocycles. The molecule has 3 heteroatoms. The molecule has 2 heterocycles. The number of hydrogen-bond acceptors (Lipinski definition) is 2. The first-order chi connectivity index (χ1) is 29.3. The Balaban J connectivity index is 1.05. The van der Waals surface area contributed by atoms with E-state index in [0.717, 1.165) is 66.6 Å². The molecule has 10 aromatic carbocycles. The van der Waals surface area contributed by atoms with E-state index in [4.69, 9.17) is 4.42 Å². The van der Waals surface area contributed by atoms with Gasteiger partial charge >= 0.3 is 0 Å². The minimum Gasteiger partial charge on any atom is -0.455 e. The Labute approximate surface area is 341 Å². The number of para-hydroxylation sites is 4. The summed E-state index contributed by atoms with van der Waals surface area (Å²) in [5.41, 5.74) is 13.2. The van der Waals surface area contributed by atoms with Crippen LogP contribution in [0.4, 0.5) is 17.1 Å². The molecule has 0 spiro atoms. The Hall–Kier alpha value is -7.88. The van der Waals surface area contributed by atoms with Gasteiger partial charge < -0.3 is 13.9 Å². The Bertz CT molecular complexity index is 3500. The molecule has 0 N–H and O–H groups in total. The second-order valence-corrected chi connectivity index (χ2v) is 15.3. The van der Waals surface area contributed by atoms with Crippen molar-refractivity contribution in [3.8, 4) is 27.9 Å². The molecule has 0 bridgehead atoms. The normalized spacial score (nSPS) is 11.7. The number of aromatic nitrogens is 1. The van der Waals surface area contributed by atoms with Crippen molar-refractivity contribution in [1.82, 2.24) is 4.57 Å². The third kappa shape index (κ3) is 5.36. The molecule has 0 aliphatic rings. The van der Waals surface area contributed by atoms with Gasteiger partial charge in [0.05, 0.1) is 16.7 Å². The van der Waals surface area contributed by atoms with E-state index >= 15 is 0 Å². The van der Waals surface area contributed by atoms with Gasteiger partial charge in [-0.05, 0) is 106 Å². The fraction of sp³-hybridized carbons (Fsp3) is 0. The van der Waals surface area contributed by atoms with E-state index in [1.54, 1.807) is 0 Å². The van der Waals surface area contributed by atoms with Crippen LogP contribution in [0.2, 0.25) is 0 Å². The predicted octanol–water partition coefficient (Wildman–Crippen LogP) is 15.8. The molecule has 0 saturated carbocycles. The van der Waals surface area contributed by atoms with Gasteiger partial charge in [-0.25, -0.2) is 0 Å². The molecule has 59 heavy (non-hydrogen) atoms. The third-order valence-electron chi connectivity index (χ3n) is 12.0. The van der Waals surface area contributed by atoms with Crippen molar-refractivity contribution in [2.45, 2.75) is 0 Å². The van der Waals surface area contributed by atoms with Gasteiger partial charge in [0, 0.05) is 49.6 Å². The summed E-state index contributed by atoms with van der Waals surface area (Å²) >= 11 is 0. The van der Waals surface area contributed by atoms with Crippen LogP contribution in [-0.4, -0.2) is 4.57 Å². The van der Waals surface area contributed by atoms with Gasteiger partial charge in [-0.1, -0.05) is 146 Å². The average Bonchev–Trinajstić information content (AvgIpc) is 3.86. The van der Waals surface area contributed by atoms with E-state index in [0.29, 0.717) is 0 Å². The molecule has 12 rings (SSSR count). The number of benzene rings is 10. The first-order valence-electron chi connectivity index (χ1n) is 20.2. The molecule has 0 aliphatic carbocycles. The lowest BCUT2D eigenvalue weighted by Crippen LogP contribution is -2.11. The number of anilines is 3. The van der Waals surface area contributed by atoms with Crippen molar-refractivity contribution in [3.63, 3.8) is 0 Å². The zero-order chi connectivity index (χ0) is 38.9. The van der Waals surface area contributed by atoms with Crippen molar-refractivity contribution >= 4 is 82.4 Å². The van der Waals surface area contributed by atoms with E-state index < -0.39 is 0 Å². The highest BCUT2D eigenvalue weighted by molar-refractivity contribution is 6.20. The Morgan fingerprint density at radius 3 is 1.66 bits per heavy atom. The predicted molar refractivity (Wildman–Crippen MR) is 249 cm³/mol. The first-order valence-corrected chi connectivity index (χ1v) is 20.2. The van der Waals surface area contributed by atoms with Gasteiger partial charge in [0.1, 0.15) is 11.2 Å². The van der Waals surface area contributed by atoms with E-state index in [1.807, 2.05) is 6.07 Å². The second kappa shape index (κ2) is 13.4. The number of rotatable bonds is 6. The molecule has 0 fully saturated rings. The Morgan fingerprint density at radius 1 is 0.356 bits per heavy atom. The van der Waals surface area contributed by atoms with Gasteiger partial charge in [0.25, 0.3) is 0 Å². The number of nitrogens with zero attached hydrogens (tertiary/aromatic N) is 2. The van der Waals surface area contributed by atoms with Crippen LogP contribution < -0.4 is 4.90 Å². The van der Waals surface area contributed by atoms with E-state index in [-0.39, 0.29) is 0 Å². The summed E-state index contributed by atoms with van der Waals surface area (Å²) in [6.45, 7) is 0. The highest BCUT2D eigenvalue weighted by atomic mass is 16.3. The summed E-state index contributed by atoms with van der Waals surface area (Å²) in [7, 11) is 0. The van der Waals surface area contributed by atoms with Gasteiger partial charge in [-0.15, -0.1) is 0 Å². The monoisotopic (exact) mass is 752 g/mol. The van der Waals surface area contributed by atoms with Crippen molar-refractivity contribution < 1.29 is 4.42 Å². The molecule has 3 nitrogen and oxygen atoms in total. The standard InChI is InChI=1S/C56H36N2O/c1-2-14-39-35-40(26-25-37(39)13-1)38-27-29-41(30-28-38)57(42-31-33-43(34-32-42)58-53-22-10-5-16-45(53)46-17-6-11-23-54(46)58)52-21-9-7-18-47(52)50-36-51-48-19-8-12-24-55(48)59-56(51)49-20-4-3-15-44(49)50/h1-36H. The summed E-state index contributed by atoms with van der Waals surface area (Å²) in [4.78, 5) is 2.40. The van der Waals surface area contributed by atoms with Gasteiger partial charge in [0.15, 0.2) is 0 Å². The fourth-order valence-electron chi connectivity index (χ4n) is 9.22. The minimum atomic E-state index is 0.898. The maximum absolute atomic E-state index is 6.53. The van der Waals surface area contributed by atoms with Crippen molar-refractivity contribution in [2.24, 2.45) is 0 Å². The zero-order valence-corrected chi connectivity index (χ0v) is 32.1. The summed E-state index contributed by atoms with van der Waals surface area (Å²) in [6, 6.07) is 78.8. The van der Waals surface area contributed by atoms with Crippen molar-refractivity contribution in [3.05, 3.63) is 218 Å². The summed E-state index contributed by atoms with van der Waals surface area (Å²) < 4.78 is 8.90. The summed E-state index contributed by atoms with van der Waals surface area (Å²) in [5.74, 6) is 0. The Kier molecular flexibility index (Phi) is 7.54. The van der Waals surface area contributed by atoms with Crippen LogP contribution in [0.5, 0.6) is 0 Å². The van der Waals surface area contributed by atoms with Crippen LogP contribution in [-0.2, 0) is 0 Å². The van der Waals surface area contributed by atoms with E-state index in [2.05, 4.69) is 222 Å². The molecule has 276 valence electrons. The molecule has 0 atom stereocenters. The van der Waals surface area contributed by atoms with Gasteiger partial charge in [-0.2, -0.15) is 0 Å². The molecule has 0 unspecified atom stereocenters. The third-order valence-corrected chi connectivity index (χ3v) is 12.0. The first kappa shape index (κ1) is 33.3. The van der Waals surface area contributed by atoms with Crippen LogP contribution in [0.25, 0.3) is 93.2 Å². The van der Waals surface area contributed by atoms with Crippen molar-refractivity contribution in [2.75, 3.05) is 4.90 Å². The lowest BCUT2D eigenvalue weighted by molar-refractivity contribution is 0.672. The minimum absolute atomic E-state index is 0.898. The van der Waals surface area contributed by atoms with Crippen molar-refractivity contribution in [1.29, 1.82) is 0 Å². The van der Waals surface area contributed by atoms with Crippen LogP contribution >= 0.6 is 0 Å². The summed E-state index contributed by atoms with van der Waals surface area (Å²) in [6.07, 6.45) is 0. The number of furan rings is 1. The van der Waals surface area contributed by atoms with Crippen LogP contribution in [0.15, 0.2) is 223 Å². The quantitative estimate of drug-likeness (QED) is 0.169. The molecular weight excluding hydrogens is 717 g/mol. The van der Waals surface area contributed by atoms with E-state index in [1.165, 1.54) is 43.7 Å². The molecule has 2 aromatic heterocycles. The smallest absolute Gasteiger partial charge is 0.143 e. The maximum atomic E-state index is 6.53. The zero-order valence-electron chi connectivity index (χ0n) is 32.1. The number of hydrogen-bond donors (Lipinski definition) is 0. The Morgan fingerprint density at radius 2 is 0.915 bits per heavy atom. The average molecular weight is 753 g/mol. The highest BCUT2D eigenvalue weighted by Crippen LogP contribution is 2.46. The molecule has 0 aliphatic heterocycles. The topological polar surface area (TPSA) is 21.3 Å². The summed E-state index contributed by atoms with van der Waals surface area (Å²) in [5, 5.41) is 9.48. The van der Waals surface area contributed by atoms with Crippen LogP contribution in [0.1, 0.15) is 0 Å². The number of fused-ring (bicyclic) bond motifs is 9. The SMILES string of the molecule is c1ccc(N(c2ccc(-c3ccc4ccccc4c3)cc2)c2ccc(-n3c4ccccc4c4ccccc43)cc2)c(-c2cc3c4ccccc4oc3c3ccccc23)c1. The lowest BCUT2D eigenvalue weighted by atomic mass is 9.93. The molecule has 0 radical (unpaired) electrons. The van der Waals surface area contributed by atoms with Gasteiger partial charge in [-0.3, -0.25) is 0 Å². The molecule has 0 amide bonds. The fourth-order valence-corrected chi connectivity index (χ4v) is 9.22. The lowest BCUT2D eigenvalue weighted by Gasteiger charge is -2.28. The van der Waals surface area contributed by atoms with E-state index in [9.17, 15) is 0 Å². The largest absolute Gasteiger partial charge is 0.455 e. The highest BCUT2D eigenvalue weighted by Gasteiger charge is 2.21. The second-order valence-electron chi connectivity index (χ2n) is 15.3. The van der Waals surface area contributed by atoms with Gasteiger partial charge in [0.2, 0.25) is 0 Å². The molecule has 12 aromatic rings.